The maximum absolute atomic E-state index is 11.7. The Morgan fingerprint density at radius 3 is 2.67 bits per heavy atom. The van der Waals surface area contributed by atoms with Gasteiger partial charge in [-0.05, 0) is 19.9 Å². The Bertz CT molecular complexity index is 447. The molecule has 0 heterocycles. The minimum atomic E-state index is -0.595. The number of benzene rings is 1. The fourth-order valence-corrected chi connectivity index (χ4v) is 1.34. The predicted molar refractivity (Wildman–Crippen MR) is 63.4 cm³/mol. The Morgan fingerprint density at radius 1 is 1.39 bits per heavy atom. The van der Waals surface area contributed by atoms with Gasteiger partial charge in [0.05, 0.1) is 23.7 Å². The van der Waals surface area contributed by atoms with Gasteiger partial charge in [-0.25, -0.2) is 5.48 Å². The zero-order valence-corrected chi connectivity index (χ0v) is 10.1. The number of nitro benzene ring substituents is 1. The zero-order valence-electron chi connectivity index (χ0n) is 10.1. The maximum atomic E-state index is 11.7. The molecule has 1 aromatic rings. The molecule has 0 bridgehead atoms. The molecule has 0 saturated carbocycles. The van der Waals surface area contributed by atoms with Crippen molar-refractivity contribution in [2.24, 2.45) is 0 Å². The molecule has 0 aliphatic heterocycles. The number of hydrogen-bond donors (Lipinski definition) is 1. The van der Waals surface area contributed by atoms with Gasteiger partial charge in [0.25, 0.3) is 5.91 Å². The van der Waals surface area contributed by atoms with Gasteiger partial charge in [0.2, 0.25) is 5.75 Å². The van der Waals surface area contributed by atoms with E-state index in [0.717, 1.165) is 0 Å². The van der Waals surface area contributed by atoms with Gasteiger partial charge < -0.3 is 4.74 Å². The minimum Gasteiger partial charge on any atom is -0.487 e. The lowest BCUT2D eigenvalue weighted by atomic mass is 10.1. The van der Waals surface area contributed by atoms with E-state index in [2.05, 4.69) is 5.48 Å². The van der Waals surface area contributed by atoms with Crippen LogP contribution in [0.25, 0.3) is 0 Å². The molecule has 0 fully saturated rings. The lowest BCUT2D eigenvalue weighted by Crippen LogP contribution is -2.24. The summed E-state index contributed by atoms with van der Waals surface area (Å²) >= 11 is 0. The van der Waals surface area contributed by atoms with Crippen LogP contribution in [0.5, 0.6) is 5.75 Å². The molecule has 0 unspecified atom stereocenters. The van der Waals surface area contributed by atoms with Crippen LogP contribution in [0, 0.1) is 10.1 Å². The molecule has 7 nitrogen and oxygen atoms in total. The third-order valence-corrected chi connectivity index (χ3v) is 2.03. The highest BCUT2D eigenvalue weighted by Gasteiger charge is 2.22. The third kappa shape index (κ3) is 3.17. The normalized spacial score (nSPS) is 9.89. The summed E-state index contributed by atoms with van der Waals surface area (Å²) in [5.41, 5.74) is 1.99. The number of amides is 1. The van der Waals surface area contributed by atoms with Crippen LogP contribution < -0.4 is 10.2 Å². The summed E-state index contributed by atoms with van der Waals surface area (Å²) in [4.78, 5) is 26.7. The van der Waals surface area contributed by atoms with Gasteiger partial charge in [-0.15, -0.1) is 0 Å². The number of para-hydroxylation sites is 1. The summed E-state index contributed by atoms with van der Waals surface area (Å²) in [6.45, 7) is 3.91. The van der Waals surface area contributed by atoms with Crippen LogP contribution >= 0.6 is 0 Å². The monoisotopic (exact) mass is 254 g/mol. The molecule has 0 aliphatic carbocycles. The van der Waals surface area contributed by atoms with Crippen LogP contribution in [0.2, 0.25) is 0 Å². The molecule has 1 aromatic carbocycles. The van der Waals surface area contributed by atoms with Crippen molar-refractivity contribution in [3.05, 3.63) is 33.9 Å². The van der Waals surface area contributed by atoms with E-state index in [-0.39, 0.29) is 23.6 Å². The predicted octanol–water partition coefficient (Wildman–Crippen LogP) is 1.67. The molecular weight excluding hydrogens is 240 g/mol. The van der Waals surface area contributed by atoms with Gasteiger partial charge in [0, 0.05) is 6.07 Å². The van der Waals surface area contributed by atoms with E-state index in [0.29, 0.717) is 6.61 Å². The Morgan fingerprint density at radius 2 is 2.11 bits per heavy atom. The number of nitrogens with zero attached hydrogens (tertiary/aromatic N) is 1. The molecule has 0 aliphatic rings. The Hall–Kier alpha value is -2.15. The first-order chi connectivity index (χ1) is 8.61. The van der Waals surface area contributed by atoms with Crippen molar-refractivity contribution >= 4 is 11.6 Å². The highest BCUT2D eigenvalue weighted by Crippen LogP contribution is 2.30. The number of rotatable bonds is 6. The van der Waals surface area contributed by atoms with Crippen LogP contribution in [-0.2, 0) is 4.84 Å². The average Bonchev–Trinajstić information content (AvgIpc) is 2.36. The van der Waals surface area contributed by atoms with Crippen molar-refractivity contribution in [2.45, 2.75) is 13.8 Å². The molecule has 7 heteroatoms. The van der Waals surface area contributed by atoms with Crippen molar-refractivity contribution in [3.63, 3.8) is 0 Å². The van der Waals surface area contributed by atoms with Crippen molar-refractivity contribution in [2.75, 3.05) is 13.2 Å². The molecule has 1 rings (SSSR count). The molecular formula is C11H14N2O5. The first-order valence-electron chi connectivity index (χ1n) is 5.44. The number of ether oxygens (including phenoxy) is 1. The van der Waals surface area contributed by atoms with E-state index < -0.39 is 10.8 Å². The first kappa shape index (κ1) is 13.9. The molecule has 0 radical (unpaired) electrons. The highest BCUT2D eigenvalue weighted by molar-refractivity contribution is 5.97. The topological polar surface area (TPSA) is 90.7 Å². The fraction of sp³-hybridized carbons (Fsp3) is 0.364. The van der Waals surface area contributed by atoms with E-state index >= 15 is 0 Å². The van der Waals surface area contributed by atoms with E-state index in [1.54, 1.807) is 13.8 Å². The van der Waals surface area contributed by atoms with Crippen LogP contribution in [0.4, 0.5) is 5.69 Å². The van der Waals surface area contributed by atoms with Gasteiger partial charge >= 0.3 is 5.69 Å². The molecule has 18 heavy (non-hydrogen) atoms. The number of hydrogen-bond acceptors (Lipinski definition) is 5. The first-order valence-corrected chi connectivity index (χ1v) is 5.44. The lowest BCUT2D eigenvalue weighted by molar-refractivity contribution is -0.385. The second kappa shape index (κ2) is 6.55. The summed E-state index contributed by atoms with van der Waals surface area (Å²) in [5.74, 6) is -0.633. The standard InChI is InChI=1S/C11H14N2O5/c1-3-17-10-8(11(14)12-18-4-2)6-5-7-9(10)13(15)16/h5-7H,3-4H2,1-2H3,(H,12,14). The smallest absolute Gasteiger partial charge is 0.311 e. The summed E-state index contributed by atoms with van der Waals surface area (Å²) in [5, 5.41) is 10.8. The second-order valence-electron chi connectivity index (χ2n) is 3.21. The lowest BCUT2D eigenvalue weighted by Gasteiger charge is -2.10. The van der Waals surface area contributed by atoms with E-state index in [9.17, 15) is 14.9 Å². The van der Waals surface area contributed by atoms with Crippen LogP contribution in [-0.4, -0.2) is 24.0 Å². The van der Waals surface area contributed by atoms with Crippen LogP contribution in [0.3, 0.4) is 0 Å². The highest BCUT2D eigenvalue weighted by atomic mass is 16.7. The van der Waals surface area contributed by atoms with Crippen molar-refractivity contribution in [3.8, 4) is 5.75 Å². The van der Waals surface area contributed by atoms with E-state index in [1.165, 1.54) is 18.2 Å². The number of carbonyl (C=O) groups excluding carboxylic acids is 1. The molecule has 1 N–H and O–H groups in total. The Balaban J connectivity index is 3.13. The molecule has 0 aromatic heterocycles. The van der Waals surface area contributed by atoms with Crippen molar-refractivity contribution < 1.29 is 19.3 Å². The van der Waals surface area contributed by atoms with E-state index in [4.69, 9.17) is 9.57 Å². The maximum Gasteiger partial charge on any atom is 0.311 e. The third-order valence-electron chi connectivity index (χ3n) is 2.03. The fourth-order valence-electron chi connectivity index (χ4n) is 1.34. The average molecular weight is 254 g/mol. The summed E-state index contributed by atoms with van der Waals surface area (Å²) in [6.07, 6.45) is 0. The number of carbonyl (C=O) groups is 1. The van der Waals surface area contributed by atoms with Gasteiger partial charge in [0.1, 0.15) is 0 Å². The number of nitrogens with one attached hydrogen (secondary N) is 1. The molecule has 0 spiro atoms. The Labute approximate surface area is 104 Å². The summed E-state index contributed by atoms with van der Waals surface area (Å²) in [6, 6.07) is 4.14. The summed E-state index contributed by atoms with van der Waals surface area (Å²) < 4.78 is 5.17. The second-order valence-corrected chi connectivity index (χ2v) is 3.21. The molecule has 1 amide bonds. The number of nitro groups is 1. The SMILES string of the molecule is CCONC(=O)c1cccc([N+](=O)[O-])c1OCC. The molecule has 0 atom stereocenters. The Kier molecular flexibility index (Phi) is 5.06. The van der Waals surface area contributed by atoms with Gasteiger partial charge in [-0.3, -0.25) is 19.7 Å². The number of hydroxylamine groups is 1. The minimum absolute atomic E-state index is 0.0535. The quantitative estimate of drug-likeness (QED) is 0.616. The van der Waals surface area contributed by atoms with Gasteiger partial charge in [-0.1, -0.05) is 6.07 Å². The van der Waals surface area contributed by atoms with E-state index in [1.807, 2.05) is 0 Å². The zero-order chi connectivity index (χ0) is 13.5. The molecule has 0 saturated heterocycles. The van der Waals surface area contributed by atoms with Crippen LogP contribution in [0.1, 0.15) is 24.2 Å². The largest absolute Gasteiger partial charge is 0.487 e. The van der Waals surface area contributed by atoms with Gasteiger partial charge in [0.15, 0.2) is 0 Å². The summed E-state index contributed by atoms with van der Waals surface area (Å²) in [7, 11) is 0. The van der Waals surface area contributed by atoms with Crippen LogP contribution in [0.15, 0.2) is 18.2 Å². The van der Waals surface area contributed by atoms with Crippen molar-refractivity contribution in [1.29, 1.82) is 0 Å². The van der Waals surface area contributed by atoms with Crippen molar-refractivity contribution in [1.82, 2.24) is 5.48 Å². The van der Waals surface area contributed by atoms with Gasteiger partial charge in [-0.2, -0.15) is 0 Å². The molecule has 98 valence electrons.